The Labute approximate surface area is 144 Å². The van der Waals surface area contributed by atoms with Crippen LogP contribution in [0.25, 0.3) is 0 Å². The van der Waals surface area contributed by atoms with Gasteiger partial charge in [0, 0.05) is 13.0 Å². The minimum Gasteiger partial charge on any atom is -0.352 e. The van der Waals surface area contributed by atoms with Crippen LogP contribution in [0.4, 0.5) is 0 Å². The Morgan fingerprint density at radius 2 is 1.83 bits per heavy atom. The minimum atomic E-state index is -3.25. The summed E-state index contributed by atoms with van der Waals surface area (Å²) < 4.78 is 25.3. The van der Waals surface area contributed by atoms with Gasteiger partial charge in [0.25, 0.3) is 0 Å². The van der Waals surface area contributed by atoms with Crippen LogP contribution in [-0.4, -0.2) is 21.4 Å². The first-order valence-corrected chi connectivity index (χ1v) is 10.4. The van der Waals surface area contributed by atoms with Crippen molar-refractivity contribution in [3.05, 3.63) is 35.4 Å². The summed E-state index contributed by atoms with van der Waals surface area (Å²) >= 11 is 0. The molecule has 2 saturated carbocycles. The predicted octanol–water partition coefficient (Wildman–Crippen LogP) is 2.18. The fraction of sp³-hybridized carbons (Fsp3) is 0.611. The molecule has 0 spiro atoms. The van der Waals surface area contributed by atoms with Crippen molar-refractivity contribution >= 4 is 15.9 Å². The van der Waals surface area contributed by atoms with E-state index >= 15 is 0 Å². The zero-order valence-corrected chi connectivity index (χ0v) is 14.9. The number of carbonyl (C=O) groups excluding carboxylic acids is 1. The number of fused-ring (bicyclic) bond motifs is 2. The van der Waals surface area contributed by atoms with Gasteiger partial charge in [-0.15, -0.1) is 0 Å². The molecule has 0 saturated heterocycles. The molecule has 2 aliphatic carbocycles. The molecule has 1 aromatic carbocycles. The molecule has 3 rings (SSSR count). The standard InChI is InChI=1S/C18H26N2O3S/c1-19-24(22,23)12-14-4-2-13(3-5-14)11-20-18(21)10-17-9-15-6-7-16(17)8-15/h2-5,15-17,19H,6-12H2,1H3,(H,20,21). The third-order valence-electron chi connectivity index (χ3n) is 5.51. The minimum absolute atomic E-state index is 0.0274. The van der Waals surface area contributed by atoms with Crippen LogP contribution in [0.1, 0.15) is 43.2 Å². The quantitative estimate of drug-likeness (QED) is 0.791. The highest BCUT2D eigenvalue weighted by atomic mass is 32.2. The number of rotatable bonds is 7. The lowest BCUT2D eigenvalue weighted by Crippen LogP contribution is -2.26. The SMILES string of the molecule is CNS(=O)(=O)Cc1ccc(CNC(=O)CC2CC3CCC2C3)cc1. The van der Waals surface area contributed by atoms with Gasteiger partial charge in [0.05, 0.1) is 5.75 Å². The highest BCUT2D eigenvalue weighted by Gasteiger charge is 2.39. The molecule has 0 heterocycles. The lowest BCUT2D eigenvalue weighted by molar-refractivity contribution is -0.122. The monoisotopic (exact) mass is 350 g/mol. The van der Waals surface area contributed by atoms with Crippen LogP contribution in [0.2, 0.25) is 0 Å². The summed E-state index contributed by atoms with van der Waals surface area (Å²) in [5, 5.41) is 2.99. The molecule has 2 fully saturated rings. The van der Waals surface area contributed by atoms with Gasteiger partial charge in [-0.1, -0.05) is 30.7 Å². The average molecular weight is 350 g/mol. The van der Waals surface area contributed by atoms with Gasteiger partial charge in [-0.05, 0) is 55.2 Å². The maximum atomic E-state index is 12.1. The van der Waals surface area contributed by atoms with E-state index in [4.69, 9.17) is 0 Å². The van der Waals surface area contributed by atoms with Crippen LogP contribution in [0.15, 0.2) is 24.3 Å². The summed E-state index contributed by atoms with van der Waals surface area (Å²) in [6.45, 7) is 0.499. The third-order valence-corrected chi connectivity index (χ3v) is 6.85. The van der Waals surface area contributed by atoms with E-state index in [1.165, 1.54) is 32.7 Å². The van der Waals surface area contributed by atoms with E-state index in [-0.39, 0.29) is 11.7 Å². The summed E-state index contributed by atoms with van der Waals surface area (Å²) in [4.78, 5) is 12.1. The highest BCUT2D eigenvalue weighted by molar-refractivity contribution is 7.88. The number of benzene rings is 1. The molecule has 0 radical (unpaired) electrons. The molecule has 1 aromatic rings. The summed E-state index contributed by atoms with van der Waals surface area (Å²) in [6, 6.07) is 7.34. The summed E-state index contributed by atoms with van der Waals surface area (Å²) in [5.74, 6) is 2.33. The normalized spacial score (nSPS) is 25.8. The van der Waals surface area contributed by atoms with Gasteiger partial charge < -0.3 is 5.32 Å². The Morgan fingerprint density at radius 3 is 2.42 bits per heavy atom. The van der Waals surface area contributed by atoms with Crippen molar-refractivity contribution in [1.82, 2.24) is 10.0 Å². The zero-order valence-electron chi connectivity index (χ0n) is 14.1. The maximum Gasteiger partial charge on any atom is 0.220 e. The largest absolute Gasteiger partial charge is 0.352 e. The van der Waals surface area contributed by atoms with Gasteiger partial charge in [-0.3, -0.25) is 4.79 Å². The molecule has 2 N–H and O–H groups in total. The molecule has 0 aromatic heterocycles. The highest BCUT2D eigenvalue weighted by Crippen LogP contribution is 2.49. The van der Waals surface area contributed by atoms with E-state index in [0.29, 0.717) is 18.9 Å². The number of amides is 1. The zero-order chi connectivity index (χ0) is 17.2. The molecule has 24 heavy (non-hydrogen) atoms. The van der Waals surface area contributed by atoms with Crippen molar-refractivity contribution in [3.63, 3.8) is 0 Å². The first-order valence-electron chi connectivity index (χ1n) is 8.71. The molecule has 2 aliphatic rings. The van der Waals surface area contributed by atoms with E-state index in [1.54, 1.807) is 12.1 Å². The van der Waals surface area contributed by atoms with E-state index in [9.17, 15) is 13.2 Å². The van der Waals surface area contributed by atoms with Crippen LogP contribution < -0.4 is 10.0 Å². The van der Waals surface area contributed by atoms with E-state index in [0.717, 1.165) is 23.0 Å². The van der Waals surface area contributed by atoms with Crippen LogP contribution >= 0.6 is 0 Å². The van der Waals surface area contributed by atoms with Crippen LogP contribution in [0.5, 0.6) is 0 Å². The predicted molar refractivity (Wildman–Crippen MR) is 93.5 cm³/mol. The van der Waals surface area contributed by atoms with Crippen molar-refractivity contribution in [3.8, 4) is 0 Å². The second kappa shape index (κ2) is 7.23. The fourth-order valence-electron chi connectivity index (χ4n) is 4.18. The van der Waals surface area contributed by atoms with Gasteiger partial charge in [-0.2, -0.15) is 0 Å². The average Bonchev–Trinajstić information content (AvgIpc) is 3.17. The smallest absolute Gasteiger partial charge is 0.220 e. The molecule has 3 unspecified atom stereocenters. The van der Waals surface area contributed by atoms with Crippen molar-refractivity contribution < 1.29 is 13.2 Å². The number of sulfonamides is 1. The van der Waals surface area contributed by atoms with E-state index in [2.05, 4.69) is 10.0 Å². The van der Waals surface area contributed by atoms with Crippen molar-refractivity contribution in [1.29, 1.82) is 0 Å². The van der Waals surface area contributed by atoms with Gasteiger partial charge in [-0.25, -0.2) is 13.1 Å². The van der Waals surface area contributed by atoms with Gasteiger partial charge in [0.1, 0.15) is 0 Å². The number of nitrogens with one attached hydrogen (secondary N) is 2. The molecular formula is C18H26N2O3S. The molecule has 132 valence electrons. The Hall–Kier alpha value is -1.40. The Morgan fingerprint density at radius 1 is 1.12 bits per heavy atom. The summed E-state index contributed by atoms with van der Waals surface area (Å²) in [7, 11) is -1.84. The topological polar surface area (TPSA) is 75.3 Å². The molecule has 3 atom stereocenters. The Kier molecular flexibility index (Phi) is 5.25. The van der Waals surface area contributed by atoms with Crippen molar-refractivity contribution in [2.75, 3.05) is 7.05 Å². The van der Waals surface area contributed by atoms with E-state index in [1.807, 2.05) is 12.1 Å². The maximum absolute atomic E-state index is 12.1. The molecular weight excluding hydrogens is 324 g/mol. The molecule has 6 heteroatoms. The molecule has 0 aliphatic heterocycles. The van der Waals surface area contributed by atoms with Gasteiger partial charge >= 0.3 is 0 Å². The summed E-state index contributed by atoms with van der Waals surface area (Å²) in [5.41, 5.74) is 1.73. The molecule has 1 amide bonds. The Bertz CT molecular complexity index is 685. The second-order valence-corrected chi connectivity index (χ2v) is 9.12. The second-order valence-electron chi connectivity index (χ2n) is 7.20. The van der Waals surface area contributed by atoms with Gasteiger partial charge in [0.2, 0.25) is 15.9 Å². The van der Waals surface area contributed by atoms with Crippen LogP contribution in [0.3, 0.4) is 0 Å². The van der Waals surface area contributed by atoms with Gasteiger partial charge in [0.15, 0.2) is 0 Å². The van der Waals surface area contributed by atoms with Crippen LogP contribution in [0, 0.1) is 17.8 Å². The van der Waals surface area contributed by atoms with Crippen molar-refractivity contribution in [2.24, 2.45) is 17.8 Å². The lowest BCUT2D eigenvalue weighted by atomic mass is 9.86. The fourth-order valence-corrected chi connectivity index (χ4v) is 4.96. The third kappa shape index (κ3) is 4.36. The van der Waals surface area contributed by atoms with E-state index < -0.39 is 10.0 Å². The van der Waals surface area contributed by atoms with Crippen LogP contribution in [-0.2, 0) is 27.1 Å². The number of hydrogen-bond donors (Lipinski definition) is 2. The first kappa shape index (κ1) is 17.4. The number of carbonyl (C=O) groups is 1. The Balaban J connectivity index is 1.45. The molecule has 5 nitrogen and oxygen atoms in total. The lowest BCUT2D eigenvalue weighted by Gasteiger charge is -2.20. The summed E-state index contributed by atoms with van der Waals surface area (Å²) in [6.07, 6.45) is 5.87. The first-order chi connectivity index (χ1) is 11.4. The number of hydrogen-bond acceptors (Lipinski definition) is 3. The van der Waals surface area contributed by atoms with Crippen molar-refractivity contribution in [2.45, 2.75) is 44.4 Å². The molecule has 2 bridgehead atoms.